The Morgan fingerprint density at radius 1 is 1.08 bits per heavy atom. The lowest BCUT2D eigenvalue weighted by Gasteiger charge is -2.52. The highest BCUT2D eigenvalue weighted by atomic mass is 16.3. The van der Waals surface area contributed by atoms with Crippen LogP contribution in [-0.2, 0) is 19.2 Å². The quantitative estimate of drug-likeness (QED) is 0.376. The molecule has 37 heavy (non-hydrogen) atoms. The predicted octanol–water partition coefficient (Wildman–Crippen LogP) is 2.75. The molecule has 0 saturated heterocycles. The van der Waals surface area contributed by atoms with Gasteiger partial charge in [-0.05, 0) is 29.4 Å². The number of phenolic OH excluding ortho intramolecular Hbond substituents is 1. The van der Waals surface area contributed by atoms with Crippen molar-refractivity contribution >= 4 is 29.0 Å². The maximum atomic E-state index is 13.9. The Kier molecular flexibility index (Phi) is 6.02. The summed E-state index contributed by atoms with van der Waals surface area (Å²) in [5, 5.41) is 44.5. The van der Waals surface area contributed by atoms with Gasteiger partial charge in [-0.1, -0.05) is 44.7 Å². The molecule has 196 valence electrons. The van der Waals surface area contributed by atoms with Gasteiger partial charge in [0.05, 0.1) is 5.56 Å². The molecule has 5 unspecified atom stereocenters. The van der Waals surface area contributed by atoms with Crippen molar-refractivity contribution in [3.8, 4) is 5.75 Å². The smallest absolute Gasteiger partial charge is 0.255 e. The maximum absolute atomic E-state index is 13.9. The lowest BCUT2D eigenvalue weighted by Crippen LogP contribution is -2.62. The molecule has 5 rings (SSSR count). The molecule has 1 aromatic rings. The number of carbonyl (C=O) groups excluding carboxylic acids is 4. The minimum Gasteiger partial charge on any atom is -0.508 e. The van der Waals surface area contributed by atoms with Gasteiger partial charge >= 0.3 is 0 Å². The largest absolute Gasteiger partial charge is 0.508 e. The number of hydrogen-bond donors (Lipinski definition) is 5. The molecule has 0 heterocycles. The average molecular weight is 510 g/mol. The zero-order chi connectivity index (χ0) is 26.8. The second-order valence-electron chi connectivity index (χ2n) is 11.0. The van der Waals surface area contributed by atoms with Gasteiger partial charge in [0.1, 0.15) is 28.6 Å². The van der Waals surface area contributed by atoms with E-state index in [1.54, 1.807) is 19.1 Å². The lowest BCUT2D eigenvalue weighted by molar-refractivity contribution is -0.155. The number of hydrogen-bond acceptors (Lipinski definition) is 8. The third kappa shape index (κ3) is 3.62. The second kappa shape index (κ2) is 8.83. The number of phenols is 1. The van der Waals surface area contributed by atoms with Gasteiger partial charge < -0.3 is 26.2 Å². The monoisotopic (exact) mass is 509 g/mol. The van der Waals surface area contributed by atoms with Crippen molar-refractivity contribution in [1.82, 2.24) is 0 Å². The van der Waals surface area contributed by atoms with Gasteiger partial charge in [-0.15, -0.1) is 0 Å². The minimum atomic E-state index is -2.72. The number of rotatable bonds is 5. The third-order valence-corrected chi connectivity index (χ3v) is 9.02. The van der Waals surface area contributed by atoms with Crippen LogP contribution in [0.5, 0.6) is 5.75 Å². The molecule has 1 aromatic carbocycles. The second-order valence-corrected chi connectivity index (χ2v) is 11.0. The van der Waals surface area contributed by atoms with Crippen LogP contribution in [0.3, 0.4) is 0 Å². The summed E-state index contributed by atoms with van der Waals surface area (Å²) in [6.45, 7) is 1.80. The van der Waals surface area contributed by atoms with Crippen LogP contribution in [0.25, 0.3) is 5.76 Å². The first kappa shape index (κ1) is 25.2. The van der Waals surface area contributed by atoms with E-state index in [1.807, 2.05) is 0 Å². The van der Waals surface area contributed by atoms with Gasteiger partial charge in [-0.3, -0.25) is 19.2 Å². The van der Waals surface area contributed by atoms with Crippen LogP contribution in [0, 0.1) is 23.7 Å². The Balaban J connectivity index is 1.69. The molecule has 2 fully saturated rings. The van der Waals surface area contributed by atoms with E-state index in [4.69, 9.17) is 5.73 Å². The van der Waals surface area contributed by atoms with Crippen molar-refractivity contribution in [1.29, 1.82) is 0 Å². The minimum absolute atomic E-state index is 0.0400. The molecule has 0 spiro atoms. The number of aromatic hydroxyl groups is 1. The fraction of sp³-hybridized carbons (Fsp3) is 0.500. The van der Waals surface area contributed by atoms with E-state index >= 15 is 0 Å². The lowest BCUT2D eigenvalue weighted by atomic mass is 9.51. The summed E-state index contributed by atoms with van der Waals surface area (Å²) in [6.07, 6.45) is 3.81. The van der Waals surface area contributed by atoms with Crippen LogP contribution < -0.4 is 5.73 Å². The standard InChI is InChI=1S/C28H31NO8/c1-12-15-7-4-8-18(31)21(15)24(33)23-20(12)16(10-14(30)9-13-5-2-3-6-13)17-11-19(32)22(27(29)36)25(34)28(17,37)26(23)35/h4,7-8,12-13,16-17,20,31,33-34,37H,2-3,5-6,9-11H2,1H3,(H2,29,36). The van der Waals surface area contributed by atoms with Gasteiger partial charge in [0.15, 0.2) is 11.4 Å². The molecule has 9 heteroatoms. The Morgan fingerprint density at radius 2 is 1.76 bits per heavy atom. The molecule has 4 aliphatic rings. The molecule has 0 aliphatic heterocycles. The van der Waals surface area contributed by atoms with E-state index in [0.717, 1.165) is 25.7 Å². The molecule has 5 atom stereocenters. The summed E-state index contributed by atoms with van der Waals surface area (Å²) >= 11 is 0. The van der Waals surface area contributed by atoms with E-state index in [-0.39, 0.29) is 35.0 Å². The molecule has 4 aliphatic carbocycles. The number of aliphatic hydroxyl groups is 3. The summed E-state index contributed by atoms with van der Waals surface area (Å²) in [7, 11) is 0. The maximum Gasteiger partial charge on any atom is 0.255 e. The highest BCUT2D eigenvalue weighted by Gasteiger charge is 2.65. The number of ketones is 3. The SMILES string of the molecule is CC1c2cccc(O)c2C(O)=C2C(=O)C3(O)C(O)=C(C(N)=O)C(=O)CC3C(CC(=O)CC3CCCC3)C21. The summed E-state index contributed by atoms with van der Waals surface area (Å²) in [5.74, 6) is -8.19. The molecular weight excluding hydrogens is 478 g/mol. The third-order valence-electron chi connectivity index (χ3n) is 9.02. The number of aliphatic hydroxyl groups excluding tert-OH is 2. The van der Waals surface area contributed by atoms with E-state index in [9.17, 15) is 39.6 Å². The van der Waals surface area contributed by atoms with Crippen LogP contribution in [0.2, 0.25) is 0 Å². The van der Waals surface area contributed by atoms with Gasteiger partial charge in [0.25, 0.3) is 5.91 Å². The van der Waals surface area contributed by atoms with Crippen molar-refractivity contribution < 1.29 is 39.6 Å². The van der Waals surface area contributed by atoms with Crippen LogP contribution in [0.1, 0.15) is 68.9 Å². The molecule has 0 bridgehead atoms. The number of carbonyl (C=O) groups is 4. The molecule has 0 radical (unpaired) electrons. The zero-order valence-corrected chi connectivity index (χ0v) is 20.6. The molecule has 2 saturated carbocycles. The van der Waals surface area contributed by atoms with E-state index in [1.165, 1.54) is 6.07 Å². The fourth-order valence-electron chi connectivity index (χ4n) is 7.32. The number of primary amides is 1. The first-order valence-corrected chi connectivity index (χ1v) is 12.8. The van der Waals surface area contributed by atoms with E-state index in [0.29, 0.717) is 12.0 Å². The number of fused-ring (bicyclic) bond motifs is 3. The Hall–Kier alpha value is -3.46. The Bertz CT molecular complexity index is 1290. The van der Waals surface area contributed by atoms with Crippen molar-refractivity contribution in [2.75, 3.05) is 0 Å². The van der Waals surface area contributed by atoms with E-state index < -0.39 is 70.3 Å². The number of nitrogens with two attached hydrogens (primary N) is 1. The summed E-state index contributed by atoms with van der Waals surface area (Å²) in [5.41, 5.74) is 2.09. The summed E-state index contributed by atoms with van der Waals surface area (Å²) in [6, 6.07) is 4.68. The fourth-order valence-corrected chi connectivity index (χ4v) is 7.32. The number of Topliss-reactive ketones (excluding diaryl/α,β-unsaturated/α-hetero) is 3. The topological polar surface area (TPSA) is 175 Å². The Labute approximate surface area is 213 Å². The molecule has 9 nitrogen and oxygen atoms in total. The van der Waals surface area contributed by atoms with Crippen LogP contribution in [0.4, 0.5) is 0 Å². The summed E-state index contributed by atoms with van der Waals surface area (Å²) in [4.78, 5) is 52.1. The van der Waals surface area contributed by atoms with Gasteiger partial charge in [-0.25, -0.2) is 0 Å². The average Bonchev–Trinajstić information content (AvgIpc) is 3.34. The molecule has 6 N–H and O–H groups in total. The van der Waals surface area contributed by atoms with Crippen molar-refractivity contribution in [3.63, 3.8) is 0 Å². The van der Waals surface area contributed by atoms with Crippen LogP contribution in [0.15, 0.2) is 35.1 Å². The first-order valence-electron chi connectivity index (χ1n) is 12.8. The van der Waals surface area contributed by atoms with Gasteiger partial charge in [0.2, 0.25) is 5.78 Å². The highest BCUT2D eigenvalue weighted by Crippen LogP contribution is 2.58. The Morgan fingerprint density at radius 3 is 2.41 bits per heavy atom. The molecule has 0 aromatic heterocycles. The molecular formula is C28H31NO8. The van der Waals surface area contributed by atoms with Gasteiger partial charge in [0, 0.05) is 36.7 Å². The number of amides is 1. The summed E-state index contributed by atoms with van der Waals surface area (Å²) < 4.78 is 0. The zero-order valence-electron chi connectivity index (χ0n) is 20.6. The van der Waals surface area contributed by atoms with Crippen molar-refractivity contribution in [2.45, 2.75) is 63.4 Å². The highest BCUT2D eigenvalue weighted by molar-refractivity contribution is 6.23. The first-order chi connectivity index (χ1) is 17.5. The van der Waals surface area contributed by atoms with Crippen molar-refractivity contribution in [3.05, 3.63) is 46.2 Å². The van der Waals surface area contributed by atoms with Gasteiger partial charge in [-0.2, -0.15) is 0 Å². The van der Waals surface area contributed by atoms with E-state index in [2.05, 4.69) is 0 Å². The van der Waals surface area contributed by atoms with Crippen LogP contribution in [-0.4, -0.2) is 49.3 Å². The molecule has 1 amide bonds. The van der Waals surface area contributed by atoms with Crippen LogP contribution >= 0.6 is 0 Å². The van der Waals surface area contributed by atoms with Crippen molar-refractivity contribution in [2.24, 2.45) is 29.4 Å². The number of benzene rings is 1. The normalized spacial score (nSPS) is 31.7. The predicted molar refractivity (Wildman–Crippen MR) is 131 cm³/mol.